The lowest BCUT2D eigenvalue weighted by Gasteiger charge is -2.36. The summed E-state index contributed by atoms with van der Waals surface area (Å²) in [5.74, 6) is 1.27. The third kappa shape index (κ3) is 4.54. The minimum Gasteiger partial charge on any atom is -0.465 e. The molecule has 1 aliphatic rings. The van der Waals surface area contributed by atoms with Crippen LogP contribution in [0, 0.1) is 12.8 Å². The van der Waals surface area contributed by atoms with Crippen LogP contribution in [-0.2, 0) is 4.79 Å². The number of piperidine rings is 1. The Labute approximate surface area is 140 Å². The summed E-state index contributed by atoms with van der Waals surface area (Å²) in [5, 5.41) is 9.07. The number of nitrogen functional groups attached to an aromatic ring is 1. The van der Waals surface area contributed by atoms with Gasteiger partial charge in [-0.15, -0.1) is 0 Å². The molecule has 24 heavy (non-hydrogen) atoms. The van der Waals surface area contributed by atoms with Crippen molar-refractivity contribution in [1.29, 1.82) is 0 Å². The van der Waals surface area contributed by atoms with Gasteiger partial charge in [-0.05, 0) is 25.7 Å². The molecule has 5 N–H and O–H groups in total. The largest absolute Gasteiger partial charge is 0.465 e. The SMILES string of the molecule is Cc1cc(N2CCC(C(N)CN(CC=O)C(=O)O)CC2)nc(N)n1. The van der Waals surface area contributed by atoms with Crippen molar-refractivity contribution in [3.8, 4) is 0 Å². The number of aromatic nitrogens is 2. The van der Waals surface area contributed by atoms with Crippen LogP contribution in [-0.4, -0.2) is 64.6 Å². The maximum Gasteiger partial charge on any atom is 0.407 e. The number of carboxylic acid groups (broad SMARTS) is 1. The van der Waals surface area contributed by atoms with Crippen LogP contribution in [0.3, 0.4) is 0 Å². The van der Waals surface area contributed by atoms with Crippen molar-refractivity contribution in [1.82, 2.24) is 14.9 Å². The van der Waals surface area contributed by atoms with Crippen LogP contribution in [0.25, 0.3) is 0 Å². The van der Waals surface area contributed by atoms with E-state index in [0.717, 1.165) is 42.3 Å². The maximum absolute atomic E-state index is 11.1. The van der Waals surface area contributed by atoms with Gasteiger partial charge in [-0.2, -0.15) is 4.98 Å². The second-order valence-electron chi connectivity index (χ2n) is 6.07. The molecule has 1 aromatic rings. The first kappa shape index (κ1) is 17.9. The average molecular weight is 336 g/mol. The van der Waals surface area contributed by atoms with Crippen molar-refractivity contribution in [2.45, 2.75) is 25.8 Å². The highest BCUT2D eigenvalue weighted by Gasteiger charge is 2.27. The number of aryl methyl sites for hydroxylation is 1. The molecule has 1 fully saturated rings. The summed E-state index contributed by atoms with van der Waals surface area (Å²) < 4.78 is 0. The van der Waals surface area contributed by atoms with E-state index in [-0.39, 0.29) is 31.0 Å². The van der Waals surface area contributed by atoms with E-state index < -0.39 is 6.09 Å². The molecule has 9 heteroatoms. The Kier molecular flexibility index (Phi) is 5.91. The molecular formula is C15H24N6O3. The minimum atomic E-state index is -1.12. The van der Waals surface area contributed by atoms with Gasteiger partial charge in [0.05, 0.1) is 6.54 Å². The lowest BCUT2D eigenvalue weighted by atomic mass is 9.89. The summed E-state index contributed by atoms with van der Waals surface area (Å²) >= 11 is 0. The predicted octanol–water partition coefficient (Wildman–Crippen LogP) is 0.0898. The molecule has 0 aliphatic carbocycles. The van der Waals surface area contributed by atoms with Crippen LogP contribution in [0.4, 0.5) is 16.6 Å². The van der Waals surface area contributed by atoms with Gasteiger partial charge in [0.1, 0.15) is 12.1 Å². The van der Waals surface area contributed by atoms with Crippen LogP contribution < -0.4 is 16.4 Å². The summed E-state index contributed by atoms with van der Waals surface area (Å²) in [7, 11) is 0. The van der Waals surface area contributed by atoms with E-state index in [1.54, 1.807) is 0 Å². The molecule has 2 rings (SSSR count). The normalized spacial score (nSPS) is 16.7. The Hall–Kier alpha value is -2.42. The van der Waals surface area contributed by atoms with E-state index >= 15 is 0 Å². The number of nitrogens with zero attached hydrogens (tertiary/aromatic N) is 4. The number of hydrogen-bond acceptors (Lipinski definition) is 7. The van der Waals surface area contributed by atoms with E-state index in [1.807, 2.05) is 13.0 Å². The van der Waals surface area contributed by atoms with E-state index in [4.69, 9.17) is 16.6 Å². The molecule has 0 aromatic carbocycles. The zero-order valence-corrected chi connectivity index (χ0v) is 13.8. The van der Waals surface area contributed by atoms with E-state index in [0.29, 0.717) is 6.29 Å². The van der Waals surface area contributed by atoms with Gasteiger partial charge in [0.2, 0.25) is 5.95 Å². The van der Waals surface area contributed by atoms with E-state index in [2.05, 4.69) is 14.9 Å². The highest BCUT2D eigenvalue weighted by atomic mass is 16.4. The van der Waals surface area contributed by atoms with Crippen LogP contribution in [0.2, 0.25) is 0 Å². The standard InChI is InChI=1S/C15H24N6O3/c1-10-8-13(19-14(17)18-10)20-4-2-11(3-5-20)12(16)9-21(6-7-22)15(23)24/h7-8,11-12H,2-6,9,16H2,1H3,(H,23,24)(H2,17,18,19). The number of anilines is 2. The maximum atomic E-state index is 11.1. The van der Waals surface area contributed by atoms with Crippen molar-refractivity contribution < 1.29 is 14.7 Å². The zero-order valence-electron chi connectivity index (χ0n) is 13.8. The predicted molar refractivity (Wildman–Crippen MR) is 89.8 cm³/mol. The Morgan fingerprint density at radius 3 is 2.71 bits per heavy atom. The fraction of sp³-hybridized carbons (Fsp3) is 0.600. The molecular weight excluding hydrogens is 312 g/mol. The molecule has 0 saturated carbocycles. The Morgan fingerprint density at radius 1 is 1.50 bits per heavy atom. The number of carbonyl (C=O) groups is 2. The number of hydrogen-bond donors (Lipinski definition) is 3. The summed E-state index contributed by atoms with van der Waals surface area (Å²) in [6.07, 6.45) is 1.12. The lowest BCUT2D eigenvalue weighted by molar-refractivity contribution is -0.108. The monoisotopic (exact) mass is 336 g/mol. The molecule has 1 saturated heterocycles. The summed E-state index contributed by atoms with van der Waals surface area (Å²) in [5.41, 5.74) is 12.7. The number of aldehydes is 1. The molecule has 9 nitrogen and oxygen atoms in total. The first-order chi connectivity index (χ1) is 11.4. The van der Waals surface area contributed by atoms with Gasteiger partial charge in [-0.1, -0.05) is 0 Å². The Bertz CT molecular complexity index is 568. The number of carbonyl (C=O) groups excluding carboxylic acids is 1. The first-order valence-electron chi connectivity index (χ1n) is 7.94. The third-order valence-corrected chi connectivity index (χ3v) is 4.32. The quantitative estimate of drug-likeness (QED) is 0.621. The van der Waals surface area contributed by atoms with Gasteiger partial charge in [0, 0.05) is 37.4 Å². The third-order valence-electron chi connectivity index (χ3n) is 4.32. The van der Waals surface area contributed by atoms with Crippen LogP contribution >= 0.6 is 0 Å². The zero-order chi connectivity index (χ0) is 17.7. The highest BCUT2D eigenvalue weighted by molar-refractivity contribution is 5.69. The molecule has 132 valence electrons. The smallest absolute Gasteiger partial charge is 0.407 e. The fourth-order valence-corrected chi connectivity index (χ4v) is 3.02. The molecule has 0 spiro atoms. The molecule has 1 atom stereocenters. The second kappa shape index (κ2) is 7.91. The number of amides is 1. The van der Waals surface area contributed by atoms with Crippen LogP contribution in [0.15, 0.2) is 6.07 Å². The molecule has 1 aromatic heterocycles. The summed E-state index contributed by atoms with van der Waals surface area (Å²) in [6, 6.07) is 1.60. The minimum absolute atomic E-state index is 0.151. The average Bonchev–Trinajstić information content (AvgIpc) is 2.53. The lowest BCUT2D eigenvalue weighted by Crippen LogP contribution is -2.48. The first-order valence-corrected chi connectivity index (χ1v) is 7.94. The van der Waals surface area contributed by atoms with Crippen LogP contribution in [0.5, 0.6) is 0 Å². The van der Waals surface area contributed by atoms with Gasteiger partial charge in [-0.3, -0.25) is 4.90 Å². The second-order valence-corrected chi connectivity index (χ2v) is 6.07. The molecule has 0 bridgehead atoms. The topological polar surface area (TPSA) is 139 Å². The van der Waals surface area contributed by atoms with E-state index in [9.17, 15) is 9.59 Å². The van der Waals surface area contributed by atoms with Crippen molar-refractivity contribution in [3.63, 3.8) is 0 Å². The van der Waals surface area contributed by atoms with Crippen molar-refractivity contribution in [2.24, 2.45) is 11.7 Å². The van der Waals surface area contributed by atoms with E-state index in [1.165, 1.54) is 0 Å². The molecule has 2 heterocycles. The highest BCUT2D eigenvalue weighted by Crippen LogP contribution is 2.24. The Balaban J connectivity index is 1.91. The van der Waals surface area contributed by atoms with Crippen molar-refractivity contribution in [3.05, 3.63) is 11.8 Å². The summed E-state index contributed by atoms with van der Waals surface area (Å²) in [6.45, 7) is 3.43. The Morgan fingerprint density at radius 2 is 2.17 bits per heavy atom. The van der Waals surface area contributed by atoms with Crippen molar-refractivity contribution >= 4 is 24.1 Å². The van der Waals surface area contributed by atoms with Gasteiger partial charge in [-0.25, -0.2) is 9.78 Å². The van der Waals surface area contributed by atoms with Gasteiger partial charge in [0.15, 0.2) is 0 Å². The molecule has 1 amide bonds. The van der Waals surface area contributed by atoms with Gasteiger partial charge < -0.3 is 26.3 Å². The molecule has 0 radical (unpaired) electrons. The number of nitrogens with two attached hydrogens (primary N) is 2. The molecule has 1 aliphatic heterocycles. The number of rotatable bonds is 6. The van der Waals surface area contributed by atoms with Crippen molar-refractivity contribution in [2.75, 3.05) is 36.8 Å². The summed E-state index contributed by atoms with van der Waals surface area (Å²) in [4.78, 5) is 33.2. The van der Waals surface area contributed by atoms with Gasteiger partial charge in [0.25, 0.3) is 0 Å². The van der Waals surface area contributed by atoms with Crippen LogP contribution in [0.1, 0.15) is 18.5 Å². The van der Waals surface area contributed by atoms with Gasteiger partial charge >= 0.3 is 6.09 Å². The fourth-order valence-electron chi connectivity index (χ4n) is 3.02. The molecule has 1 unspecified atom stereocenters.